The van der Waals surface area contributed by atoms with Gasteiger partial charge in [-0.3, -0.25) is 9.59 Å². The van der Waals surface area contributed by atoms with E-state index >= 15 is 0 Å². The summed E-state index contributed by atoms with van der Waals surface area (Å²) in [4.78, 5) is 24.4. The third-order valence-corrected chi connectivity index (χ3v) is 12.2. The first-order valence-corrected chi connectivity index (χ1v) is 26.8. The van der Waals surface area contributed by atoms with Gasteiger partial charge in [-0.1, -0.05) is 237 Å². The Morgan fingerprint density at radius 2 is 0.803 bits per heavy atom. The number of amides is 1. The predicted molar refractivity (Wildman–Crippen MR) is 264 cm³/mol. The lowest BCUT2D eigenvalue weighted by Crippen LogP contribution is -2.45. The van der Waals surface area contributed by atoms with Crippen molar-refractivity contribution in [2.75, 3.05) is 13.2 Å². The molecule has 0 aromatic rings. The van der Waals surface area contributed by atoms with Gasteiger partial charge < -0.3 is 20.3 Å². The van der Waals surface area contributed by atoms with E-state index in [0.29, 0.717) is 19.4 Å². The fourth-order valence-corrected chi connectivity index (χ4v) is 8.04. The number of allylic oxidation sites excluding steroid dienone is 5. The number of esters is 1. The van der Waals surface area contributed by atoms with E-state index in [4.69, 9.17) is 4.74 Å². The number of aliphatic hydroxyl groups excluding tert-OH is 2. The second-order valence-electron chi connectivity index (χ2n) is 18.2. The van der Waals surface area contributed by atoms with Crippen LogP contribution in [-0.2, 0) is 14.3 Å². The minimum atomic E-state index is -0.858. The highest BCUT2D eigenvalue weighted by atomic mass is 16.5. The molecule has 0 bridgehead atoms. The molecule has 0 radical (unpaired) electrons. The van der Waals surface area contributed by atoms with Crippen molar-refractivity contribution in [3.8, 4) is 0 Å². The number of carbonyl (C=O) groups excluding carboxylic acids is 2. The highest BCUT2D eigenvalue weighted by molar-refractivity contribution is 5.76. The molecule has 3 N–H and O–H groups in total. The number of hydrogen-bond acceptors (Lipinski definition) is 5. The first-order chi connectivity index (χ1) is 30.0. The molecule has 358 valence electrons. The fraction of sp³-hybridized carbons (Fsp3) is 0.855. The quantitative estimate of drug-likeness (QED) is 0.0245. The zero-order valence-electron chi connectivity index (χ0n) is 40.6. The number of rotatable bonds is 49. The highest BCUT2D eigenvalue weighted by Gasteiger charge is 2.18. The van der Waals surface area contributed by atoms with Crippen molar-refractivity contribution in [3.05, 3.63) is 36.5 Å². The first-order valence-electron chi connectivity index (χ1n) is 26.8. The van der Waals surface area contributed by atoms with Crippen LogP contribution in [0, 0.1) is 0 Å². The lowest BCUT2D eigenvalue weighted by atomic mass is 10.0. The minimum absolute atomic E-state index is 0.0204. The van der Waals surface area contributed by atoms with Gasteiger partial charge in [0, 0.05) is 12.8 Å². The molecular weight excluding hydrogens is 755 g/mol. The number of aliphatic hydroxyl groups is 2. The van der Waals surface area contributed by atoms with E-state index in [1.807, 2.05) is 6.08 Å². The summed E-state index contributed by atoms with van der Waals surface area (Å²) < 4.78 is 5.45. The van der Waals surface area contributed by atoms with Crippen molar-refractivity contribution in [1.29, 1.82) is 0 Å². The van der Waals surface area contributed by atoms with Crippen LogP contribution < -0.4 is 5.32 Å². The zero-order valence-corrected chi connectivity index (χ0v) is 40.6. The zero-order chi connectivity index (χ0) is 44.4. The second-order valence-corrected chi connectivity index (χ2v) is 18.2. The van der Waals surface area contributed by atoms with E-state index in [0.717, 1.165) is 77.0 Å². The molecule has 6 nitrogen and oxygen atoms in total. The highest BCUT2D eigenvalue weighted by Crippen LogP contribution is 2.16. The smallest absolute Gasteiger partial charge is 0.305 e. The van der Waals surface area contributed by atoms with Crippen LogP contribution in [0.1, 0.15) is 277 Å². The summed E-state index contributed by atoms with van der Waals surface area (Å²) in [6.45, 7) is 4.85. The van der Waals surface area contributed by atoms with E-state index in [9.17, 15) is 19.8 Å². The molecule has 0 saturated carbocycles. The molecule has 2 atom stereocenters. The average molecular weight is 858 g/mol. The number of unbranched alkanes of at least 4 members (excludes halogenated alkanes) is 35. The van der Waals surface area contributed by atoms with Gasteiger partial charge in [0.2, 0.25) is 5.91 Å². The Bertz CT molecular complexity index is 993. The van der Waals surface area contributed by atoms with E-state index in [-0.39, 0.29) is 18.5 Å². The molecule has 61 heavy (non-hydrogen) atoms. The van der Waals surface area contributed by atoms with Gasteiger partial charge in [0.1, 0.15) is 0 Å². The molecule has 0 spiro atoms. The van der Waals surface area contributed by atoms with E-state index in [1.165, 1.54) is 173 Å². The molecule has 0 aliphatic carbocycles. The van der Waals surface area contributed by atoms with Gasteiger partial charge in [-0.15, -0.1) is 0 Å². The molecule has 0 rings (SSSR count). The van der Waals surface area contributed by atoms with Crippen LogP contribution in [0.5, 0.6) is 0 Å². The molecule has 0 saturated heterocycles. The van der Waals surface area contributed by atoms with Gasteiger partial charge in [0.15, 0.2) is 0 Å². The predicted octanol–water partition coefficient (Wildman–Crippen LogP) is 16.1. The number of hydrogen-bond donors (Lipinski definition) is 3. The summed E-state index contributed by atoms with van der Waals surface area (Å²) in [7, 11) is 0. The van der Waals surface area contributed by atoms with Gasteiger partial charge in [0.25, 0.3) is 0 Å². The van der Waals surface area contributed by atoms with Gasteiger partial charge in [-0.05, 0) is 64.2 Å². The monoisotopic (exact) mass is 858 g/mol. The second kappa shape index (κ2) is 50.7. The Hall–Kier alpha value is -1.92. The van der Waals surface area contributed by atoms with Crippen molar-refractivity contribution in [2.24, 2.45) is 0 Å². The minimum Gasteiger partial charge on any atom is -0.466 e. The summed E-state index contributed by atoms with van der Waals surface area (Å²) in [5, 5.41) is 23.0. The molecule has 0 fully saturated rings. The lowest BCUT2D eigenvalue weighted by Gasteiger charge is -2.20. The Labute approximate surface area is 379 Å². The van der Waals surface area contributed by atoms with Crippen LogP contribution in [0.2, 0.25) is 0 Å². The summed E-state index contributed by atoms with van der Waals surface area (Å²) in [6.07, 6.45) is 61.5. The van der Waals surface area contributed by atoms with E-state index in [1.54, 1.807) is 6.08 Å². The molecule has 1 amide bonds. The number of carbonyl (C=O) groups is 2. The van der Waals surface area contributed by atoms with Crippen LogP contribution in [0.3, 0.4) is 0 Å². The summed E-state index contributed by atoms with van der Waals surface area (Å²) in [5.74, 6) is -0.111. The van der Waals surface area contributed by atoms with E-state index < -0.39 is 12.1 Å². The Kier molecular flexibility index (Phi) is 49.1. The van der Waals surface area contributed by atoms with Crippen molar-refractivity contribution >= 4 is 11.9 Å². The van der Waals surface area contributed by atoms with Gasteiger partial charge >= 0.3 is 5.97 Å². The molecule has 0 aliphatic heterocycles. The van der Waals surface area contributed by atoms with Gasteiger partial charge in [0.05, 0.1) is 25.4 Å². The third kappa shape index (κ3) is 47.4. The average Bonchev–Trinajstić information content (AvgIpc) is 3.26. The first kappa shape index (κ1) is 59.1. The Morgan fingerprint density at radius 1 is 0.459 bits per heavy atom. The van der Waals surface area contributed by atoms with Crippen LogP contribution in [0.25, 0.3) is 0 Å². The SMILES string of the molecule is CCCCCCCCCCCCCC/C=C/C(O)C(CO)NC(=O)CCCCCCCC/C=C\C=C/CCCCCOC(=O)CCCCCCCCCCCCCCCCC. The topological polar surface area (TPSA) is 95.9 Å². The maximum absolute atomic E-state index is 12.4. The lowest BCUT2D eigenvalue weighted by molar-refractivity contribution is -0.143. The Balaban J connectivity index is 3.54. The van der Waals surface area contributed by atoms with Crippen molar-refractivity contribution < 1.29 is 24.5 Å². The summed E-state index contributed by atoms with van der Waals surface area (Å²) in [5.41, 5.74) is 0. The van der Waals surface area contributed by atoms with Gasteiger partial charge in [-0.2, -0.15) is 0 Å². The van der Waals surface area contributed by atoms with E-state index in [2.05, 4.69) is 43.5 Å². The summed E-state index contributed by atoms with van der Waals surface area (Å²) in [6, 6.07) is -0.644. The third-order valence-electron chi connectivity index (χ3n) is 12.2. The van der Waals surface area contributed by atoms with Crippen molar-refractivity contribution in [2.45, 2.75) is 289 Å². The van der Waals surface area contributed by atoms with Gasteiger partial charge in [-0.25, -0.2) is 0 Å². The van der Waals surface area contributed by atoms with Crippen LogP contribution in [0.4, 0.5) is 0 Å². The number of ether oxygens (including phenoxy) is 1. The molecule has 6 heteroatoms. The molecule has 2 unspecified atom stereocenters. The molecule has 0 aliphatic rings. The molecule has 0 aromatic carbocycles. The van der Waals surface area contributed by atoms with Crippen molar-refractivity contribution in [1.82, 2.24) is 5.32 Å². The maximum atomic E-state index is 12.4. The summed E-state index contributed by atoms with van der Waals surface area (Å²) >= 11 is 0. The maximum Gasteiger partial charge on any atom is 0.305 e. The van der Waals surface area contributed by atoms with Crippen LogP contribution >= 0.6 is 0 Å². The Morgan fingerprint density at radius 3 is 1.21 bits per heavy atom. The molecular formula is C55H103NO5. The van der Waals surface area contributed by atoms with Crippen LogP contribution in [-0.4, -0.2) is 47.4 Å². The van der Waals surface area contributed by atoms with Crippen LogP contribution in [0.15, 0.2) is 36.5 Å². The normalized spacial score (nSPS) is 12.9. The largest absolute Gasteiger partial charge is 0.466 e. The standard InChI is InChI=1S/C55H103NO5/c1-3-5-7-9-11-13-15-17-20-25-29-33-37-41-45-49-55(60)61-50-46-42-38-34-30-26-22-19-21-24-28-32-36-40-44-48-54(59)56-52(51-57)53(58)47-43-39-35-31-27-23-18-16-14-12-10-8-6-4-2/h19,22,26,30,43,47,52-53,57-58H,3-18,20-21,23-25,27-29,31-42,44-46,48-51H2,1-2H3,(H,56,59)/b22-19-,30-26-,47-43+. The molecule has 0 heterocycles. The van der Waals surface area contributed by atoms with Crippen molar-refractivity contribution in [3.63, 3.8) is 0 Å². The number of nitrogens with one attached hydrogen (secondary N) is 1. The fourth-order valence-electron chi connectivity index (χ4n) is 8.04. The molecule has 0 aromatic heterocycles.